The largest absolute Gasteiger partial charge is 0.338 e. The highest BCUT2D eigenvalue weighted by atomic mass is 19.1. The van der Waals surface area contributed by atoms with Crippen LogP contribution in [0.15, 0.2) is 54.7 Å². The molecule has 2 N–H and O–H groups in total. The van der Waals surface area contributed by atoms with Gasteiger partial charge in [0.1, 0.15) is 11.6 Å². The van der Waals surface area contributed by atoms with E-state index >= 15 is 0 Å². The molecule has 1 fully saturated rings. The van der Waals surface area contributed by atoms with Gasteiger partial charge in [0.15, 0.2) is 0 Å². The van der Waals surface area contributed by atoms with Gasteiger partial charge < -0.3 is 10.2 Å². The van der Waals surface area contributed by atoms with Crippen molar-refractivity contribution in [1.29, 1.82) is 0 Å². The van der Waals surface area contributed by atoms with Crippen LogP contribution in [0, 0.1) is 19.7 Å². The predicted octanol–water partition coefficient (Wildman–Crippen LogP) is 4.76. The number of aryl methyl sites for hydroxylation is 2. The summed E-state index contributed by atoms with van der Waals surface area (Å²) < 4.78 is 15.1. The molecule has 1 aromatic heterocycles. The van der Waals surface area contributed by atoms with Gasteiger partial charge in [-0.15, -0.1) is 0 Å². The lowest BCUT2D eigenvalue weighted by Crippen LogP contribution is -2.39. The minimum absolute atomic E-state index is 0.0415. The lowest BCUT2D eigenvalue weighted by atomic mass is 10.0. The van der Waals surface area contributed by atoms with Crippen molar-refractivity contribution in [1.82, 2.24) is 14.7 Å². The number of benzene rings is 2. The molecule has 3 amide bonds. The van der Waals surface area contributed by atoms with Gasteiger partial charge in [-0.25, -0.2) is 13.9 Å². The molecule has 0 aliphatic carbocycles. The summed E-state index contributed by atoms with van der Waals surface area (Å²) in [7, 11) is 0. The SMILES string of the molecule is Cc1ccc(C(=O)N2CCC(n3nccc3NC(=O)Nc3cccc(F)c3)CC2)cc1C. The summed E-state index contributed by atoms with van der Waals surface area (Å²) in [6.07, 6.45) is 3.10. The molecule has 0 saturated carbocycles. The Kier molecular flexibility index (Phi) is 6.20. The number of aromatic nitrogens is 2. The molecule has 0 atom stereocenters. The maximum absolute atomic E-state index is 13.3. The highest BCUT2D eigenvalue weighted by Gasteiger charge is 2.26. The number of hydrogen-bond acceptors (Lipinski definition) is 3. The summed E-state index contributed by atoms with van der Waals surface area (Å²) in [6, 6.07) is 12.8. The summed E-state index contributed by atoms with van der Waals surface area (Å²) in [5.41, 5.74) is 3.35. The van der Waals surface area contributed by atoms with Crippen LogP contribution in [-0.4, -0.2) is 39.7 Å². The van der Waals surface area contributed by atoms with E-state index in [1.165, 1.54) is 23.8 Å². The summed E-state index contributed by atoms with van der Waals surface area (Å²) >= 11 is 0. The van der Waals surface area contributed by atoms with Gasteiger partial charge in [0, 0.05) is 30.4 Å². The number of urea groups is 1. The molecular weight excluding hydrogens is 409 g/mol. The van der Waals surface area contributed by atoms with E-state index in [0.717, 1.165) is 18.4 Å². The molecule has 0 radical (unpaired) electrons. The number of carbonyl (C=O) groups is 2. The molecule has 1 saturated heterocycles. The molecule has 4 rings (SSSR count). The maximum Gasteiger partial charge on any atom is 0.324 e. The zero-order valence-corrected chi connectivity index (χ0v) is 18.1. The van der Waals surface area contributed by atoms with E-state index in [1.807, 2.05) is 36.9 Å². The minimum Gasteiger partial charge on any atom is -0.338 e. The van der Waals surface area contributed by atoms with Crippen LogP contribution in [0.2, 0.25) is 0 Å². The first-order valence-corrected chi connectivity index (χ1v) is 10.6. The van der Waals surface area contributed by atoms with E-state index in [1.54, 1.807) is 23.0 Å². The molecule has 8 heteroatoms. The van der Waals surface area contributed by atoms with Gasteiger partial charge in [-0.1, -0.05) is 12.1 Å². The second kappa shape index (κ2) is 9.21. The summed E-state index contributed by atoms with van der Waals surface area (Å²) in [5.74, 6) is 0.174. The summed E-state index contributed by atoms with van der Waals surface area (Å²) in [4.78, 5) is 27.1. The first kappa shape index (κ1) is 21.5. The summed E-state index contributed by atoms with van der Waals surface area (Å²) in [5, 5.41) is 9.76. The Labute approximate surface area is 186 Å². The molecule has 2 heterocycles. The zero-order valence-electron chi connectivity index (χ0n) is 18.1. The number of carbonyl (C=O) groups excluding carboxylic acids is 2. The van der Waals surface area contributed by atoms with Gasteiger partial charge in [-0.3, -0.25) is 10.1 Å². The second-order valence-corrected chi connectivity index (χ2v) is 8.07. The normalized spacial score (nSPS) is 14.3. The Morgan fingerprint density at radius 3 is 2.50 bits per heavy atom. The number of nitrogens with one attached hydrogen (secondary N) is 2. The summed E-state index contributed by atoms with van der Waals surface area (Å²) in [6.45, 7) is 5.27. The van der Waals surface area contributed by atoms with Gasteiger partial charge in [0.25, 0.3) is 5.91 Å². The van der Waals surface area contributed by atoms with Crippen molar-refractivity contribution >= 4 is 23.4 Å². The van der Waals surface area contributed by atoms with Crippen molar-refractivity contribution in [2.45, 2.75) is 32.7 Å². The number of nitrogens with zero attached hydrogens (tertiary/aromatic N) is 3. The third-order valence-corrected chi connectivity index (χ3v) is 5.85. The van der Waals surface area contributed by atoms with Crippen molar-refractivity contribution < 1.29 is 14.0 Å². The second-order valence-electron chi connectivity index (χ2n) is 8.07. The van der Waals surface area contributed by atoms with Crippen molar-refractivity contribution in [3.63, 3.8) is 0 Å². The fourth-order valence-electron chi connectivity index (χ4n) is 3.92. The topological polar surface area (TPSA) is 79.3 Å². The van der Waals surface area contributed by atoms with Crippen LogP contribution in [-0.2, 0) is 0 Å². The molecule has 0 spiro atoms. The predicted molar refractivity (Wildman–Crippen MR) is 121 cm³/mol. The molecule has 1 aliphatic rings. The quantitative estimate of drug-likeness (QED) is 0.620. The Balaban J connectivity index is 1.36. The van der Waals surface area contributed by atoms with Crippen molar-refractivity contribution in [3.05, 3.63) is 77.2 Å². The molecule has 32 heavy (non-hydrogen) atoms. The van der Waals surface area contributed by atoms with Gasteiger partial charge in [0.2, 0.25) is 0 Å². The number of hydrogen-bond donors (Lipinski definition) is 2. The molecule has 166 valence electrons. The average molecular weight is 436 g/mol. The molecule has 7 nitrogen and oxygen atoms in total. The number of anilines is 2. The molecule has 2 aromatic carbocycles. The first-order chi connectivity index (χ1) is 15.4. The number of likely N-dealkylation sites (tertiary alicyclic amines) is 1. The fraction of sp³-hybridized carbons (Fsp3) is 0.292. The van der Waals surface area contributed by atoms with Gasteiger partial charge in [-0.05, 0) is 68.1 Å². The van der Waals surface area contributed by atoms with Crippen molar-refractivity contribution in [2.24, 2.45) is 0 Å². The van der Waals surface area contributed by atoms with Crippen molar-refractivity contribution in [3.8, 4) is 0 Å². The monoisotopic (exact) mass is 435 g/mol. The Bertz CT molecular complexity index is 1130. The van der Waals surface area contributed by atoms with E-state index in [2.05, 4.69) is 15.7 Å². The number of amides is 3. The maximum atomic E-state index is 13.3. The van der Waals surface area contributed by atoms with E-state index in [0.29, 0.717) is 30.2 Å². The first-order valence-electron chi connectivity index (χ1n) is 10.6. The lowest BCUT2D eigenvalue weighted by molar-refractivity contribution is 0.0691. The smallest absolute Gasteiger partial charge is 0.324 e. The van der Waals surface area contributed by atoms with Gasteiger partial charge >= 0.3 is 6.03 Å². The zero-order chi connectivity index (χ0) is 22.7. The fourth-order valence-corrected chi connectivity index (χ4v) is 3.92. The molecule has 0 bridgehead atoms. The standard InChI is InChI=1S/C24H26FN5O2/c1-16-6-7-18(14-17(16)2)23(31)29-12-9-21(10-13-29)30-22(8-11-26-30)28-24(32)27-20-5-3-4-19(25)15-20/h3-8,11,14-15,21H,9-10,12-13H2,1-2H3,(H2,27,28,32). The molecule has 1 aliphatic heterocycles. The Morgan fingerprint density at radius 1 is 1.00 bits per heavy atom. The molecule has 0 unspecified atom stereocenters. The van der Waals surface area contributed by atoms with Crippen LogP contribution in [0.25, 0.3) is 0 Å². The van der Waals surface area contributed by atoms with Crippen LogP contribution in [0.4, 0.5) is 20.7 Å². The highest BCUT2D eigenvalue weighted by Crippen LogP contribution is 2.26. The van der Waals surface area contributed by atoms with E-state index in [9.17, 15) is 14.0 Å². The van der Waals surface area contributed by atoms with E-state index in [4.69, 9.17) is 0 Å². The Morgan fingerprint density at radius 2 is 1.78 bits per heavy atom. The third kappa shape index (κ3) is 4.80. The number of rotatable bonds is 4. The van der Waals surface area contributed by atoms with Crippen LogP contribution >= 0.6 is 0 Å². The average Bonchev–Trinajstić information content (AvgIpc) is 3.23. The van der Waals surface area contributed by atoms with Gasteiger partial charge in [0.05, 0.1) is 12.2 Å². The number of halogens is 1. The van der Waals surface area contributed by atoms with E-state index in [-0.39, 0.29) is 11.9 Å². The van der Waals surface area contributed by atoms with Crippen LogP contribution < -0.4 is 10.6 Å². The lowest BCUT2D eigenvalue weighted by Gasteiger charge is -2.33. The third-order valence-electron chi connectivity index (χ3n) is 5.85. The van der Waals surface area contributed by atoms with Gasteiger partial charge in [-0.2, -0.15) is 5.10 Å². The van der Waals surface area contributed by atoms with Crippen molar-refractivity contribution in [2.75, 3.05) is 23.7 Å². The highest BCUT2D eigenvalue weighted by molar-refractivity contribution is 5.99. The van der Waals surface area contributed by atoms with E-state index < -0.39 is 11.8 Å². The Hall–Kier alpha value is -3.68. The molecular formula is C24H26FN5O2. The number of piperidine rings is 1. The van der Waals surface area contributed by atoms with Crippen LogP contribution in [0.5, 0.6) is 0 Å². The van der Waals surface area contributed by atoms with Crippen LogP contribution in [0.1, 0.15) is 40.4 Å². The minimum atomic E-state index is -0.472. The molecule has 3 aromatic rings. The van der Waals surface area contributed by atoms with Crippen LogP contribution in [0.3, 0.4) is 0 Å².